The van der Waals surface area contributed by atoms with E-state index in [2.05, 4.69) is 0 Å². The second-order valence-electron chi connectivity index (χ2n) is 7.24. The number of benzene rings is 1. The molecule has 0 aliphatic carbocycles. The number of hydrogen-bond donors (Lipinski definition) is 0. The molecule has 0 unspecified atom stereocenters. The number of rotatable bonds is 4. The fraction of sp³-hybridized carbons (Fsp3) is 0.632. The van der Waals surface area contributed by atoms with Crippen LogP contribution in [0.4, 0.5) is 0 Å². The molecular formula is C19H28N2O4S. The van der Waals surface area contributed by atoms with E-state index in [0.29, 0.717) is 18.7 Å². The van der Waals surface area contributed by atoms with Crippen LogP contribution in [-0.4, -0.2) is 56.8 Å². The van der Waals surface area contributed by atoms with E-state index in [-0.39, 0.29) is 23.3 Å². The van der Waals surface area contributed by atoms with Crippen LogP contribution in [0, 0.1) is 12.8 Å². The third-order valence-electron chi connectivity index (χ3n) is 5.34. The zero-order valence-electron chi connectivity index (χ0n) is 15.6. The van der Waals surface area contributed by atoms with Gasteiger partial charge < -0.3 is 9.64 Å². The number of carbonyl (C=O) groups excluding carboxylic acids is 1. The van der Waals surface area contributed by atoms with Crippen molar-refractivity contribution in [2.24, 2.45) is 5.92 Å². The molecule has 0 spiro atoms. The number of carbonyl (C=O) groups is 1. The zero-order chi connectivity index (χ0) is 18.7. The molecule has 1 atom stereocenters. The maximum atomic E-state index is 13.2. The standard InChI is InChI=1S/C19H28N2O4S/c1-15-8-9-17(25-2)18(13-15)26(23,24)21-12-6-7-16(14-21)19(22)20-10-4-3-5-11-20/h8-9,13,16H,3-7,10-12,14H2,1-2H3/t16-/m0/s1. The summed E-state index contributed by atoms with van der Waals surface area (Å²) in [5.41, 5.74) is 0.863. The fourth-order valence-electron chi connectivity index (χ4n) is 3.86. The molecule has 1 aromatic rings. The van der Waals surface area contributed by atoms with Gasteiger partial charge in [-0.2, -0.15) is 4.31 Å². The van der Waals surface area contributed by atoms with Gasteiger partial charge in [0.15, 0.2) is 0 Å². The Labute approximate surface area is 156 Å². The van der Waals surface area contributed by atoms with E-state index in [1.165, 1.54) is 17.8 Å². The Morgan fingerprint density at radius 3 is 2.54 bits per heavy atom. The van der Waals surface area contributed by atoms with Gasteiger partial charge in [-0.1, -0.05) is 6.07 Å². The minimum absolute atomic E-state index is 0.112. The summed E-state index contributed by atoms with van der Waals surface area (Å²) < 4.78 is 33.1. The molecule has 2 aliphatic rings. The first kappa shape index (κ1) is 19.2. The van der Waals surface area contributed by atoms with E-state index in [0.717, 1.165) is 37.9 Å². The first-order chi connectivity index (χ1) is 12.4. The van der Waals surface area contributed by atoms with Crippen LogP contribution < -0.4 is 4.74 Å². The van der Waals surface area contributed by atoms with Gasteiger partial charge in [-0.3, -0.25) is 4.79 Å². The first-order valence-corrected chi connectivity index (χ1v) is 10.8. The first-order valence-electron chi connectivity index (χ1n) is 9.37. The monoisotopic (exact) mass is 380 g/mol. The molecule has 2 aliphatic heterocycles. The molecule has 2 heterocycles. The molecule has 144 valence electrons. The molecule has 7 heteroatoms. The average Bonchev–Trinajstić information content (AvgIpc) is 2.68. The highest BCUT2D eigenvalue weighted by Gasteiger charge is 2.36. The van der Waals surface area contributed by atoms with Gasteiger partial charge in [-0.25, -0.2) is 8.42 Å². The van der Waals surface area contributed by atoms with Crippen LogP contribution in [-0.2, 0) is 14.8 Å². The summed E-state index contributed by atoms with van der Waals surface area (Å²) in [5.74, 6) is 0.216. The molecule has 0 bridgehead atoms. The van der Waals surface area contributed by atoms with Crippen LogP contribution in [0.2, 0.25) is 0 Å². The molecule has 6 nitrogen and oxygen atoms in total. The smallest absolute Gasteiger partial charge is 0.246 e. The van der Waals surface area contributed by atoms with Crippen LogP contribution in [0.3, 0.4) is 0 Å². The van der Waals surface area contributed by atoms with E-state index < -0.39 is 10.0 Å². The number of methoxy groups -OCH3 is 1. The Bertz CT molecular complexity index is 757. The molecular weight excluding hydrogens is 352 g/mol. The quantitative estimate of drug-likeness (QED) is 0.805. The predicted molar refractivity (Wildman–Crippen MR) is 99.6 cm³/mol. The molecule has 0 N–H and O–H groups in total. The maximum absolute atomic E-state index is 13.2. The van der Waals surface area contributed by atoms with Gasteiger partial charge in [0.05, 0.1) is 13.0 Å². The summed E-state index contributed by atoms with van der Waals surface area (Å²) in [6.07, 6.45) is 4.72. The van der Waals surface area contributed by atoms with Crippen molar-refractivity contribution in [2.75, 3.05) is 33.3 Å². The van der Waals surface area contributed by atoms with Crippen molar-refractivity contribution in [3.8, 4) is 5.75 Å². The second kappa shape index (κ2) is 7.96. The number of nitrogens with zero attached hydrogens (tertiary/aromatic N) is 2. The third-order valence-corrected chi connectivity index (χ3v) is 7.22. The minimum Gasteiger partial charge on any atom is -0.495 e. The maximum Gasteiger partial charge on any atom is 0.246 e. The van der Waals surface area contributed by atoms with Gasteiger partial charge in [-0.15, -0.1) is 0 Å². The average molecular weight is 381 g/mol. The second-order valence-corrected chi connectivity index (χ2v) is 9.15. The molecule has 2 fully saturated rings. The minimum atomic E-state index is -3.69. The van der Waals surface area contributed by atoms with Gasteiger partial charge in [0.2, 0.25) is 15.9 Å². The Morgan fingerprint density at radius 2 is 1.85 bits per heavy atom. The molecule has 3 rings (SSSR count). The number of piperidine rings is 2. The van der Waals surface area contributed by atoms with E-state index in [4.69, 9.17) is 4.74 Å². The number of likely N-dealkylation sites (tertiary alicyclic amines) is 1. The highest BCUT2D eigenvalue weighted by Crippen LogP contribution is 2.31. The lowest BCUT2D eigenvalue weighted by atomic mass is 9.97. The normalized spacial score (nSPS) is 22.2. The van der Waals surface area contributed by atoms with E-state index >= 15 is 0 Å². The number of aryl methyl sites for hydroxylation is 1. The molecule has 0 saturated carbocycles. The Morgan fingerprint density at radius 1 is 1.12 bits per heavy atom. The fourth-order valence-corrected chi connectivity index (χ4v) is 5.62. The van der Waals surface area contributed by atoms with Crippen molar-refractivity contribution in [3.05, 3.63) is 23.8 Å². The summed E-state index contributed by atoms with van der Waals surface area (Å²) in [5, 5.41) is 0. The van der Waals surface area contributed by atoms with Gasteiger partial charge in [0, 0.05) is 26.2 Å². The third kappa shape index (κ3) is 3.88. The van der Waals surface area contributed by atoms with E-state index in [1.54, 1.807) is 12.1 Å². The van der Waals surface area contributed by atoms with Crippen molar-refractivity contribution < 1.29 is 17.9 Å². The molecule has 26 heavy (non-hydrogen) atoms. The van der Waals surface area contributed by atoms with Crippen molar-refractivity contribution in [1.29, 1.82) is 0 Å². The van der Waals surface area contributed by atoms with Gasteiger partial charge in [0.1, 0.15) is 10.6 Å². The van der Waals surface area contributed by atoms with Crippen LogP contribution >= 0.6 is 0 Å². The summed E-state index contributed by atoms with van der Waals surface area (Å²) in [6.45, 7) is 4.16. The van der Waals surface area contributed by atoms with Gasteiger partial charge in [0.25, 0.3) is 0 Å². The molecule has 1 aromatic carbocycles. The number of amides is 1. The molecule has 0 radical (unpaired) electrons. The highest BCUT2D eigenvalue weighted by atomic mass is 32.2. The summed E-state index contributed by atoms with van der Waals surface area (Å²) in [6, 6.07) is 5.16. The van der Waals surface area contributed by atoms with Crippen molar-refractivity contribution in [3.63, 3.8) is 0 Å². The zero-order valence-corrected chi connectivity index (χ0v) is 16.4. The predicted octanol–water partition coefficient (Wildman–Crippen LogP) is 2.42. The summed E-state index contributed by atoms with van der Waals surface area (Å²) >= 11 is 0. The molecule has 0 aromatic heterocycles. The lowest BCUT2D eigenvalue weighted by molar-refractivity contribution is -0.137. The van der Waals surface area contributed by atoms with Crippen LogP contribution in [0.1, 0.15) is 37.7 Å². The van der Waals surface area contributed by atoms with E-state index in [1.807, 2.05) is 17.9 Å². The number of hydrogen-bond acceptors (Lipinski definition) is 4. The highest BCUT2D eigenvalue weighted by molar-refractivity contribution is 7.89. The van der Waals surface area contributed by atoms with Gasteiger partial charge in [-0.05, 0) is 56.7 Å². The summed E-state index contributed by atoms with van der Waals surface area (Å²) in [4.78, 5) is 14.9. The van der Waals surface area contributed by atoms with Crippen molar-refractivity contribution >= 4 is 15.9 Å². The Hall–Kier alpha value is -1.60. The number of sulfonamides is 1. The lowest BCUT2D eigenvalue weighted by Crippen LogP contribution is -2.47. The largest absolute Gasteiger partial charge is 0.495 e. The van der Waals surface area contributed by atoms with Gasteiger partial charge >= 0.3 is 0 Å². The lowest BCUT2D eigenvalue weighted by Gasteiger charge is -2.35. The van der Waals surface area contributed by atoms with Crippen LogP contribution in [0.5, 0.6) is 5.75 Å². The topological polar surface area (TPSA) is 66.9 Å². The van der Waals surface area contributed by atoms with Crippen LogP contribution in [0.15, 0.2) is 23.1 Å². The molecule has 2 saturated heterocycles. The van der Waals surface area contributed by atoms with E-state index in [9.17, 15) is 13.2 Å². The van der Waals surface area contributed by atoms with Crippen molar-refractivity contribution in [2.45, 2.75) is 43.9 Å². The Balaban J connectivity index is 1.80. The van der Waals surface area contributed by atoms with Crippen LogP contribution in [0.25, 0.3) is 0 Å². The molecule has 1 amide bonds. The Kier molecular flexibility index (Phi) is 5.87. The van der Waals surface area contributed by atoms with Crippen molar-refractivity contribution in [1.82, 2.24) is 9.21 Å². The number of ether oxygens (including phenoxy) is 1. The summed E-state index contributed by atoms with van der Waals surface area (Å²) in [7, 11) is -2.21. The SMILES string of the molecule is COc1ccc(C)cc1S(=O)(=O)N1CCC[C@H](C(=O)N2CCCCC2)C1.